The quantitative estimate of drug-likeness (QED) is 0.0551. The number of carbonyl (C=O) groups is 1. The molecule has 2 fully saturated rings. The number of fused-ring (bicyclic) bond motifs is 1. The number of ether oxygens (including phenoxy) is 6. The average molecular weight is 772 g/mol. The Balaban J connectivity index is 1.33. The Morgan fingerprint density at radius 1 is 0.727 bits per heavy atom. The predicted octanol–water partition coefficient (Wildman–Crippen LogP) is 0.128. The molecule has 1 aromatic heterocycles. The van der Waals surface area contributed by atoms with Gasteiger partial charge in [0.25, 0.3) is 0 Å². The Hall–Kier alpha value is -5.28. The number of aliphatic hydroxyl groups is 7. The number of hydrogen-bond donors (Lipinski definition) is 10. The third-order valence-electron chi connectivity index (χ3n) is 8.94. The van der Waals surface area contributed by atoms with Gasteiger partial charge in [0.2, 0.25) is 18.3 Å². The number of methoxy groups -OCH3 is 1. The molecule has 18 nitrogen and oxygen atoms in total. The van der Waals surface area contributed by atoms with Gasteiger partial charge in [-0.2, -0.15) is 0 Å². The van der Waals surface area contributed by atoms with E-state index in [9.17, 15) is 55.9 Å². The first-order valence-electron chi connectivity index (χ1n) is 16.8. The SMILES string of the molecule is COc1cc(-c2[o+]c3cc(O)cc(OC4OC(CO)C(O)C(O)C4O)c3cc2OC2OC(COC(=O)C=Cc3ccc(O)cc3)C(O)C(O)C2O)ccc1O. The molecule has 6 rings (SSSR count). The summed E-state index contributed by atoms with van der Waals surface area (Å²) in [4.78, 5) is 12.5. The maximum absolute atomic E-state index is 12.5. The molecule has 10 atom stereocenters. The summed E-state index contributed by atoms with van der Waals surface area (Å²) in [6.45, 7) is -1.33. The number of rotatable bonds is 11. The van der Waals surface area contributed by atoms with Crippen LogP contribution in [-0.2, 0) is 19.0 Å². The topological polar surface area (TPSA) is 286 Å². The van der Waals surface area contributed by atoms with Crippen molar-refractivity contribution >= 4 is 23.0 Å². The minimum Gasteiger partial charge on any atom is -0.508 e. The summed E-state index contributed by atoms with van der Waals surface area (Å²) < 4.78 is 39.8. The summed E-state index contributed by atoms with van der Waals surface area (Å²) in [5.74, 6) is -1.93. The molecule has 0 amide bonds. The third kappa shape index (κ3) is 8.52. The summed E-state index contributed by atoms with van der Waals surface area (Å²) >= 11 is 0. The van der Waals surface area contributed by atoms with Crippen LogP contribution in [0.4, 0.5) is 0 Å². The molecule has 18 heteroatoms. The van der Waals surface area contributed by atoms with Crippen molar-refractivity contribution < 1.29 is 88.7 Å². The van der Waals surface area contributed by atoms with E-state index in [-0.39, 0.29) is 51.0 Å². The molecule has 0 saturated carbocycles. The molecule has 0 spiro atoms. The Morgan fingerprint density at radius 2 is 1.36 bits per heavy atom. The Labute approximate surface area is 311 Å². The molecule has 0 bridgehead atoms. The van der Waals surface area contributed by atoms with Crippen LogP contribution in [0.25, 0.3) is 28.4 Å². The van der Waals surface area contributed by atoms with E-state index in [1.54, 1.807) is 12.1 Å². The smallest absolute Gasteiger partial charge is 0.402 e. The summed E-state index contributed by atoms with van der Waals surface area (Å²) in [5.41, 5.74) is 0.748. The van der Waals surface area contributed by atoms with Gasteiger partial charge >= 0.3 is 17.3 Å². The molecule has 2 saturated heterocycles. The average Bonchev–Trinajstić information content (AvgIpc) is 3.17. The van der Waals surface area contributed by atoms with Crippen molar-refractivity contribution in [2.75, 3.05) is 20.3 Å². The normalized spacial score (nSPS) is 28.2. The van der Waals surface area contributed by atoms with Gasteiger partial charge in [-0.1, -0.05) is 12.1 Å². The molecule has 0 radical (unpaired) electrons. The summed E-state index contributed by atoms with van der Waals surface area (Å²) in [6.07, 6.45) is -14.4. The van der Waals surface area contributed by atoms with E-state index in [0.717, 1.165) is 12.1 Å². The number of phenols is 3. The van der Waals surface area contributed by atoms with Crippen molar-refractivity contribution in [1.29, 1.82) is 0 Å². The van der Waals surface area contributed by atoms with Gasteiger partial charge in [0.15, 0.2) is 11.5 Å². The van der Waals surface area contributed by atoms with E-state index in [1.807, 2.05) is 0 Å². The van der Waals surface area contributed by atoms with Gasteiger partial charge in [-0.15, -0.1) is 0 Å². The Bertz CT molecular complexity index is 2000. The highest BCUT2D eigenvalue weighted by Crippen LogP contribution is 2.43. The zero-order valence-electron chi connectivity index (χ0n) is 28.9. The molecule has 3 aromatic carbocycles. The van der Waals surface area contributed by atoms with Gasteiger partial charge in [-0.05, 0) is 35.9 Å². The van der Waals surface area contributed by atoms with Gasteiger partial charge in [0, 0.05) is 24.3 Å². The largest absolute Gasteiger partial charge is 0.508 e. The number of esters is 1. The second-order valence-corrected chi connectivity index (χ2v) is 12.7. The molecule has 2 aliphatic rings. The molecule has 0 aliphatic carbocycles. The van der Waals surface area contributed by atoms with Crippen molar-refractivity contribution in [3.8, 4) is 45.8 Å². The number of hydrogen-bond acceptors (Lipinski definition) is 17. The highest BCUT2D eigenvalue weighted by atomic mass is 16.7. The Morgan fingerprint density at radius 3 is 2.02 bits per heavy atom. The maximum atomic E-state index is 12.5. The van der Waals surface area contributed by atoms with Gasteiger partial charge in [0.1, 0.15) is 78.1 Å². The molecule has 294 valence electrons. The molecule has 10 N–H and O–H groups in total. The van der Waals surface area contributed by atoms with Gasteiger partial charge in [-0.3, -0.25) is 0 Å². The minimum absolute atomic E-state index is 0.0233. The van der Waals surface area contributed by atoms with Crippen LogP contribution in [-0.4, -0.2) is 139 Å². The fourth-order valence-corrected chi connectivity index (χ4v) is 5.90. The highest BCUT2D eigenvalue weighted by Gasteiger charge is 2.47. The van der Waals surface area contributed by atoms with Gasteiger partial charge in [0.05, 0.1) is 25.3 Å². The molecular weight excluding hydrogens is 732 g/mol. The second-order valence-electron chi connectivity index (χ2n) is 12.7. The Kier molecular flexibility index (Phi) is 11.9. The number of benzene rings is 3. The van der Waals surface area contributed by atoms with Crippen molar-refractivity contribution in [2.24, 2.45) is 0 Å². The summed E-state index contributed by atoms with van der Waals surface area (Å²) in [5, 5.41) is 104. The van der Waals surface area contributed by atoms with Crippen LogP contribution >= 0.6 is 0 Å². The van der Waals surface area contributed by atoms with E-state index in [0.29, 0.717) is 5.56 Å². The van der Waals surface area contributed by atoms with Gasteiger partial charge < -0.3 is 79.5 Å². The number of carbonyl (C=O) groups excluding carboxylic acids is 1. The van der Waals surface area contributed by atoms with E-state index in [2.05, 4.69) is 0 Å². The van der Waals surface area contributed by atoms with Crippen molar-refractivity contribution in [3.63, 3.8) is 0 Å². The first kappa shape index (κ1) is 39.4. The van der Waals surface area contributed by atoms with E-state index in [1.165, 1.54) is 55.7 Å². The van der Waals surface area contributed by atoms with Crippen LogP contribution in [0.5, 0.6) is 34.5 Å². The monoisotopic (exact) mass is 771 g/mol. The lowest BCUT2D eigenvalue weighted by atomic mass is 9.99. The van der Waals surface area contributed by atoms with Crippen LogP contribution in [0.1, 0.15) is 5.56 Å². The van der Waals surface area contributed by atoms with Crippen LogP contribution in [0.3, 0.4) is 0 Å². The lowest BCUT2D eigenvalue weighted by molar-refractivity contribution is -0.278. The maximum Gasteiger partial charge on any atom is 0.402 e. The summed E-state index contributed by atoms with van der Waals surface area (Å²) in [6, 6.07) is 13.7. The molecule has 4 aromatic rings. The van der Waals surface area contributed by atoms with Crippen molar-refractivity contribution in [2.45, 2.75) is 61.4 Å². The predicted molar refractivity (Wildman–Crippen MR) is 186 cm³/mol. The van der Waals surface area contributed by atoms with Crippen LogP contribution < -0.4 is 14.2 Å². The zero-order valence-corrected chi connectivity index (χ0v) is 28.9. The third-order valence-corrected chi connectivity index (χ3v) is 8.94. The highest BCUT2D eigenvalue weighted by molar-refractivity contribution is 5.89. The summed E-state index contributed by atoms with van der Waals surface area (Å²) in [7, 11) is 1.31. The number of aliphatic hydroxyl groups excluding tert-OH is 7. The second kappa shape index (κ2) is 16.6. The fourth-order valence-electron chi connectivity index (χ4n) is 5.90. The lowest BCUT2D eigenvalue weighted by Gasteiger charge is -2.39. The van der Waals surface area contributed by atoms with Crippen molar-refractivity contribution in [1.82, 2.24) is 0 Å². The van der Waals surface area contributed by atoms with Crippen LogP contribution in [0, 0.1) is 0 Å². The number of aromatic hydroxyl groups is 3. The minimum atomic E-state index is -1.89. The molecule has 10 unspecified atom stereocenters. The number of phenolic OH excluding ortho intramolecular Hbond substituents is 3. The van der Waals surface area contributed by atoms with E-state index < -0.39 is 86.3 Å². The molecule has 55 heavy (non-hydrogen) atoms. The van der Waals surface area contributed by atoms with E-state index >= 15 is 0 Å². The first-order valence-corrected chi connectivity index (χ1v) is 16.8. The van der Waals surface area contributed by atoms with Gasteiger partial charge in [-0.25, -0.2) is 9.21 Å². The van der Waals surface area contributed by atoms with E-state index in [4.69, 9.17) is 32.8 Å². The molecular formula is C37H39O18+. The lowest BCUT2D eigenvalue weighted by Crippen LogP contribution is -2.60. The van der Waals surface area contributed by atoms with Crippen molar-refractivity contribution in [3.05, 3.63) is 72.3 Å². The standard InChI is InChI=1S/C37H38O18/c1-49-24-10-17(5-8-21(24)41)35-25(13-20-22(51-35)11-19(40)12-23(20)52-36-33(47)31(45)29(43)26(14-38)54-36)53-37-34(48)32(46)30(44)27(55-37)15-50-28(42)9-4-16-2-6-18(39)7-3-16/h2-13,26-27,29-34,36-38,43-48H,14-15H2,1H3,(H2-,39,40,41,42)/p+1. The van der Waals surface area contributed by atoms with Crippen LogP contribution in [0.15, 0.2) is 71.2 Å². The fraction of sp³-hybridized carbons (Fsp3) is 0.351. The first-order chi connectivity index (χ1) is 26.3. The van der Waals surface area contributed by atoms with Crippen LogP contribution in [0.2, 0.25) is 0 Å². The zero-order chi connectivity index (χ0) is 39.6. The molecule has 2 aliphatic heterocycles. The molecule has 3 heterocycles.